The number of alkyl halides is 2. The van der Waals surface area contributed by atoms with Gasteiger partial charge in [-0.3, -0.25) is 0 Å². The van der Waals surface area contributed by atoms with Crippen molar-refractivity contribution in [2.45, 2.75) is 19.8 Å². The molecule has 1 aromatic rings. The summed E-state index contributed by atoms with van der Waals surface area (Å²) in [5, 5.41) is 9.27. The Labute approximate surface area is 81.1 Å². The van der Waals surface area contributed by atoms with E-state index in [0.29, 0.717) is 6.61 Å². The third-order valence-corrected chi connectivity index (χ3v) is 1.70. The first-order valence-corrected chi connectivity index (χ1v) is 4.39. The summed E-state index contributed by atoms with van der Waals surface area (Å²) in [6.45, 7) is 2.30. The van der Waals surface area contributed by atoms with Gasteiger partial charge in [0.15, 0.2) is 11.5 Å². The third-order valence-electron chi connectivity index (χ3n) is 1.70. The molecule has 0 amide bonds. The van der Waals surface area contributed by atoms with Gasteiger partial charge in [0.2, 0.25) is 0 Å². The molecule has 1 rings (SSSR count). The number of rotatable bonds is 4. The van der Waals surface area contributed by atoms with E-state index in [-0.39, 0.29) is 17.1 Å². The molecule has 0 aromatic heterocycles. The van der Waals surface area contributed by atoms with Crippen molar-refractivity contribution in [1.29, 1.82) is 0 Å². The van der Waals surface area contributed by atoms with E-state index < -0.39 is 6.43 Å². The zero-order chi connectivity index (χ0) is 10.6. The Hall–Kier alpha value is -1.32. The van der Waals surface area contributed by atoms with E-state index in [9.17, 15) is 13.9 Å². The first kappa shape index (κ1) is 10.8. The number of phenols is 1. The van der Waals surface area contributed by atoms with Gasteiger partial charge in [-0.1, -0.05) is 6.92 Å². The van der Waals surface area contributed by atoms with Crippen molar-refractivity contribution in [1.82, 2.24) is 0 Å². The topological polar surface area (TPSA) is 29.5 Å². The molecule has 1 aromatic carbocycles. The highest BCUT2D eigenvalue weighted by Crippen LogP contribution is 2.30. The molecule has 0 radical (unpaired) electrons. The number of halogens is 2. The Kier molecular flexibility index (Phi) is 3.68. The van der Waals surface area contributed by atoms with Crippen LogP contribution in [0, 0.1) is 0 Å². The van der Waals surface area contributed by atoms with Crippen LogP contribution in [0.2, 0.25) is 0 Å². The SMILES string of the molecule is CCCOc1cc(C(F)F)ccc1O. The summed E-state index contributed by atoms with van der Waals surface area (Å²) in [4.78, 5) is 0. The summed E-state index contributed by atoms with van der Waals surface area (Å²) in [6, 6.07) is 3.56. The van der Waals surface area contributed by atoms with Crippen LogP contribution in [0.4, 0.5) is 8.78 Å². The molecule has 0 atom stereocenters. The minimum Gasteiger partial charge on any atom is -0.504 e. The Balaban J connectivity index is 2.85. The van der Waals surface area contributed by atoms with Gasteiger partial charge >= 0.3 is 0 Å². The third kappa shape index (κ3) is 2.58. The number of aromatic hydroxyl groups is 1. The molecule has 0 aliphatic carbocycles. The summed E-state index contributed by atoms with van der Waals surface area (Å²) >= 11 is 0. The first-order chi connectivity index (χ1) is 6.65. The zero-order valence-electron chi connectivity index (χ0n) is 7.84. The highest BCUT2D eigenvalue weighted by Gasteiger charge is 2.10. The second kappa shape index (κ2) is 4.79. The molecule has 0 fully saturated rings. The lowest BCUT2D eigenvalue weighted by atomic mass is 10.2. The standard InChI is InChI=1S/C10H12F2O2/c1-2-5-14-9-6-7(10(11)12)3-4-8(9)13/h3-4,6,10,13H,2,5H2,1H3. The summed E-state index contributed by atoms with van der Waals surface area (Å²) in [5.41, 5.74) is -0.145. The number of hydrogen-bond donors (Lipinski definition) is 1. The number of hydrogen-bond acceptors (Lipinski definition) is 2. The van der Waals surface area contributed by atoms with Crippen molar-refractivity contribution in [2.75, 3.05) is 6.61 Å². The van der Waals surface area contributed by atoms with E-state index in [1.54, 1.807) is 0 Å². The Morgan fingerprint density at radius 3 is 2.71 bits per heavy atom. The van der Waals surface area contributed by atoms with Gasteiger partial charge in [-0.05, 0) is 24.6 Å². The maximum absolute atomic E-state index is 12.3. The molecular weight excluding hydrogens is 190 g/mol. The molecule has 14 heavy (non-hydrogen) atoms. The van der Waals surface area contributed by atoms with E-state index >= 15 is 0 Å². The minimum atomic E-state index is -2.54. The molecular formula is C10H12F2O2. The summed E-state index contributed by atoms with van der Waals surface area (Å²) in [7, 11) is 0. The van der Waals surface area contributed by atoms with Crippen molar-refractivity contribution in [2.24, 2.45) is 0 Å². The largest absolute Gasteiger partial charge is 0.504 e. The van der Waals surface area contributed by atoms with E-state index in [1.165, 1.54) is 12.1 Å². The van der Waals surface area contributed by atoms with Crippen molar-refractivity contribution < 1.29 is 18.6 Å². The first-order valence-electron chi connectivity index (χ1n) is 4.39. The Morgan fingerprint density at radius 1 is 1.43 bits per heavy atom. The van der Waals surface area contributed by atoms with Gasteiger partial charge in [0, 0.05) is 5.56 Å². The molecule has 78 valence electrons. The maximum atomic E-state index is 12.3. The number of phenolic OH excluding ortho intramolecular Hbond substituents is 1. The quantitative estimate of drug-likeness (QED) is 0.812. The number of benzene rings is 1. The smallest absolute Gasteiger partial charge is 0.263 e. The van der Waals surface area contributed by atoms with Gasteiger partial charge in [0.1, 0.15) is 0 Å². The van der Waals surface area contributed by atoms with Gasteiger partial charge in [-0.2, -0.15) is 0 Å². The van der Waals surface area contributed by atoms with Crippen LogP contribution in [0.15, 0.2) is 18.2 Å². The van der Waals surface area contributed by atoms with Crippen LogP contribution in [0.3, 0.4) is 0 Å². The number of ether oxygens (including phenoxy) is 1. The summed E-state index contributed by atoms with van der Waals surface area (Å²) in [6.07, 6.45) is -1.78. The van der Waals surface area contributed by atoms with Crippen molar-refractivity contribution in [3.05, 3.63) is 23.8 Å². The van der Waals surface area contributed by atoms with Crippen LogP contribution in [0.1, 0.15) is 25.3 Å². The van der Waals surface area contributed by atoms with E-state index in [0.717, 1.165) is 12.5 Å². The molecule has 2 nitrogen and oxygen atoms in total. The lowest BCUT2D eigenvalue weighted by Crippen LogP contribution is -1.96. The Bertz CT molecular complexity index is 300. The molecule has 0 bridgehead atoms. The fourth-order valence-electron chi connectivity index (χ4n) is 0.994. The Morgan fingerprint density at radius 2 is 2.14 bits per heavy atom. The van der Waals surface area contributed by atoms with Crippen LogP contribution < -0.4 is 4.74 Å². The lowest BCUT2D eigenvalue weighted by molar-refractivity contribution is 0.150. The van der Waals surface area contributed by atoms with E-state index in [4.69, 9.17) is 4.74 Å². The van der Waals surface area contributed by atoms with E-state index in [1.807, 2.05) is 6.92 Å². The fourth-order valence-corrected chi connectivity index (χ4v) is 0.994. The lowest BCUT2D eigenvalue weighted by Gasteiger charge is -2.08. The normalized spacial score (nSPS) is 10.6. The second-order valence-corrected chi connectivity index (χ2v) is 2.88. The van der Waals surface area contributed by atoms with Gasteiger partial charge in [0.25, 0.3) is 6.43 Å². The van der Waals surface area contributed by atoms with E-state index in [2.05, 4.69) is 0 Å². The monoisotopic (exact) mass is 202 g/mol. The van der Waals surface area contributed by atoms with Crippen molar-refractivity contribution in [3.63, 3.8) is 0 Å². The predicted molar refractivity (Wildman–Crippen MR) is 48.8 cm³/mol. The molecule has 1 N–H and O–H groups in total. The zero-order valence-corrected chi connectivity index (χ0v) is 7.84. The minimum absolute atomic E-state index is 0.108. The van der Waals surface area contributed by atoms with Crippen LogP contribution in [-0.4, -0.2) is 11.7 Å². The van der Waals surface area contributed by atoms with Gasteiger partial charge in [-0.25, -0.2) is 8.78 Å². The van der Waals surface area contributed by atoms with Crippen molar-refractivity contribution >= 4 is 0 Å². The molecule has 0 saturated heterocycles. The molecule has 0 heterocycles. The predicted octanol–water partition coefficient (Wildman–Crippen LogP) is 3.12. The average molecular weight is 202 g/mol. The molecule has 4 heteroatoms. The van der Waals surface area contributed by atoms with Gasteiger partial charge < -0.3 is 9.84 Å². The van der Waals surface area contributed by atoms with Gasteiger partial charge in [-0.15, -0.1) is 0 Å². The molecule has 0 aliphatic rings. The average Bonchev–Trinajstić information content (AvgIpc) is 2.16. The molecule has 0 unspecified atom stereocenters. The highest BCUT2D eigenvalue weighted by atomic mass is 19.3. The maximum Gasteiger partial charge on any atom is 0.263 e. The molecule has 0 saturated carbocycles. The van der Waals surface area contributed by atoms with Crippen LogP contribution in [0.25, 0.3) is 0 Å². The summed E-state index contributed by atoms with van der Waals surface area (Å²) in [5.74, 6) is 0.00694. The van der Waals surface area contributed by atoms with Crippen LogP contribution >= 0.6 is 0 Å². The fraction of sp³-hybridized carbons (Fsp3) is 0.400. The van der Waals surface area contributed by atoms with Crippen LogP contribution in [0.5, 0.6) is 11.5 Å². The molecule has 0 aliphatic heterocycles. The highest BCUT2D eigenvalue weighted by molar-refractivity contribution is 5.42. The second-order valence-electron chi connectivity index (χ2n) is 2.88. The molecule has 0 spiro atoms. The van der Waals surface area contributed by atoms with Crippen molar-refractivity contribution in [3.8, 4) is 11.5 Å². The van der Waals surface area contributed by atoms with Gasteiger partial charge in [0.05, 0.1) is 6.61 Å². The van der Waals surface area contributed by atoms with Crippen LogP contribution in [-0.2, 0) is 0 Å². The summed E-state index contributed by atoms with van der Waals surface area (Å²) < 4.78 is 29.6.